The van der Waals surface area contributed by atoms with Crippen molar-refractivity contribution in [2.24, 2.45) is 11.8 Å². The van der Waals surface area contributed by atoms with Crippen LogP contribution in [-0.2, 0) is 0 Å². The lowest BCUT2D eigenvalue weighted by molar-refractivity contribution is -0.0111. The van der Waals surface area contributed by atoms with E-state index in [1.165, 1.54) is 12.7 Å². The van der Waals surface area contributed by atoms with Gasteiger partial charge in [0.1, 0.15) is 11.8 Å². The number of aromatic nitrogens is 4. The van der Waals surface area contributed by atoms with Crippen molar-refractivity contribution in [2.75, 3.05) is 5.73 Å². The van der Waals surface area contributed by atoms with E-state index in [0.717, 1.165) is 37.8 Å². The van der Waals surface area contributed by atoms with E-state index in [-0.39, 0.29) is 6.10 Å². The summed E-state index contributed by atoms with van der Waals surface area (Å²) >= 11 is 0. The summed E-state index contributed by atoms with van der Waals surface area (Å²) in [4.78, 5) is 12.8. The standard InChI is InChI=1S/C15H21N5O/c16-14-13-15(18-7-17-14)20(8-19-13)11-5-1-4-10-9(11)3-2-6-12(10)21/h7-12,21H,1-6H2,(H2,16,17,18)/t9-,10+,11+,12-/m1/s1. The second kappa shape index (κ2) is 4.94. The van der Waals surface area contributed by atoms with Crippen LogP contribution in [0, 0.1) is 11.8 Å². The van der Waals surface area contributed by atoms with E-state index in [2.05, 4.69) is 19.5 Å². The first-order valence-electron chi connectivity index (χ1n) is 7.87. The van der Waals surface area contributed by atoms with Gasteiger partial charge in [-0.1, -0.05) is 12.8 Å². The van der Waals surface area contributed by atoms with Crippen LogP contribution in [0.4, 0.5) is 5.82 Å². The van der Waals surface area contributed by atoms with E-state index in [4.69, 9.17) is 5.73 Å². The predicted molar refractivity (Wildman–Crippen MR) is 79.5 cm³/mol. The van der Waals surface area contributed by atoms with Crippen LogP contribution >= 0.6 is 0 Å². The molecule has 0 radical (unpaired) electrons. The van der Waals surface area contributed by atoms with Gasteiger partial charge in [0.25, 0.3) is 0 Å². The van der Waals surface area contributed by atoms with E-state index >= 15 is 0 Å². The van der Waals surface area contributed by atoms with Crippen molar-refractivity contribution in [2.45, 2.75) is 50.7 Å². The summed E-state index contributed by atoms with van der Waals surface area (Å²) in [7, 11) is 0. The third kappa shape index (κ3) is 2.00. The van der Waals surface area contributed by atoms with Crippen molar-refractivity contribution >= 4 is 17.0 Å². The number of anilines is 1. The molecule has 0 bridgehead atoms. The molecule has 4 atom stereocenters. The lowest BCUT2D eigenvalue weighted by Gasteiger charge is -2.44. The van der Waals surface area contributed by atoms with Crippen molar-refractivity contribution in [3.63, 3.8) is 0 Å². The first-order valence-corrected chi connectivity index (χ1v) is 7.87. The fourth-order valence-electron chi connectivity index (χ4n) is 4.40. The highest BCUT2D eigenvalue weighted by Gasteiger charge is 2.40. The Balaban J connectivity index is 1.75. The summed E-state index contributed by atoms with van der Waals surface area (Å²) in [6, 6.07) is 0.373. The Labute approximate surface area is 123 Å². The number of hydrogen-bond acceptors (Lipinski definition) is 5. The molecule has 2 aromatic heterocycles. The molecule has 2 aliphatic rings. The van der Waals surface area contributed by atoms with Gasteiger partial charge < -0.3 is 15.4 Å². The molecular weight excluding hydrogens is 266 g/mol. The first-order chi connectivity index (χ1) is 10.3. The molecule has 2 aliphatic carbocycles. The van der Waals surface area contributed by atoms with Gasteiger partial charge in [-0.3, -0.25) is 0 Å². The number of aliphatic hydroxyl groups is 1. The maximum atomic E-state index is 10.3. The fourth-order valence-corrected chi connectivity index (χ4v) is 4.40. The zero-order valence-corrected chi connectivity index (χ0v) is 12.0. The van der Waals surface area contributed by atoms with Gasteiger partial charge in [-0.15, -0.1) is 0 Å². The number of imidazole rings is 1. The summed E-state index contributed by atoms with van der Waals surface area (Å²) in [5.74, 6) is 1.39. The minimum Gasteiger partial charge on any atom is -0.393 e. The van der Waals surface area contributed by atoms with Crippen LogP contribution in [0.2, 0.25) is 0 Å². The van der Waals surface area contributed by atoms with Crippen molar-refractivity contribution in [1.82, 2.24) is 19.5 Å². The zero-order valence-electron chi connectivity index (χ0n) is 12.0. The van der Waals surface area contributed by atoms with E-state index in [0.29, 0.717) is 29.2 Å². The molecule has 2 aromatic rings. The van der Waals surface area contributed by atoms with Crippen LogP contribution in [0.1, 0.15) is 44.6 Å². The molecule has 4 rings (SSSR count). The Morgan fingerprint density at radius 3 is 2.76 bits per heavy atom. The molecule has 0 aromatic carbocycles. The first kappa shape index (κ1) is 13.0. The second-order valence-corrected chi connectivity index (χ2v) is 6.41. The third-order valence-electron chi connectivity index (χ3n) is 5.36. The number of nitrogens with two attached hydrogens (primary N) is 1. The minimum absolute atomic E-state index is 0.138. The van der Waals surface area contributed by atoms with Gasteiger partial charge in [-0.05, 0) is 37.5 Å². The number of nitrogens with zero attached hydrogens (tertiary/aromatic N) is 4. The number of nitrogen functional groups attached to an aromatic ring is 1. The van der Waals surface area contributed by atoms with Crippen molar-refractivity contribution < 1.29 is 5.11 Å². The van der Waals surface area contributed by atoms with E-state index in [1.807, 2.05) is 6.33 Å². The summed E-state index contributed by atoms with van der Waals surface area (Å²) in [6.07, 6.45) is 9.90. The average Bonchev–Trinajstić information content (AvgIpc) is 2.92. The molecular formula is C15H21N5O. The quantitative estimate of drug-likeness (QED) is 0.836. The molecule has 3 N–H and O–H groups in total. The van der Waals surface area contributed by atoms with Gasteiger partial charge in [-0.25, -0.2) is 15.0 Å². The molecule has 21 heavy (non-hydrogen) atoms. The van der Waals surface area contributed by atoms with Crippen LogP contribution < -0.4 is 5.73 Å². The number of fused-ring (bicyclic) bond motifs is 2. The monoisotopic (exact) mass is 287 g/mol. The second-order valence-electron chi connectivity index (χ2n) is 6.41. The van der Waals surface area contributed by atoms with E-state index in [1.54, 1.807) is 0 Å². The lowest BCUT2D eigenvalue weighted by Crippen LogP contribution is -2.40. The highest BCUT2D eigenvalue weighted by molar-refractivity contribution is 5.81. The van der Waals surface area contributed by atoms with Crippen LogP contribution in [0.15, 0.2) is 12.7 Å². The largest absolute Gasteiger partial charge is 0.393 e. The summed E-state index contributed by atoms with van der Waals surface area (Å²) < 4.78 is 2.17. The third-order valence-corrected chi connectivity index (χ3v) is 5.36. The van der Waals surface area contributed by atoms with E-state index < -0.39 is 0 Å². The van der Waals surface area contributed by atoms with Gasteiger partial charge >= 0.3 is 0 Å². The number of hydrogen-bond donors (Lipinski definition) is 2. The van der Waals surface area contributed by atoms with Gasteiger partial charge in [0.2, 0.25) is 0 Å². The van der Waals surface area contributed by atoms with Gasteiger partial charge in [0, 0.05) is 6.04 Å². The van der Waals surface area contributed by atoms with Gasteiger partial charge in [-0.2, -0.15) is 0 Å². The highest BCUT2D eigenvalue weighted by atomic mass is 16.3. The SMILES string of the molecule is Nc1ncnc2c1ncn2[C@H]1CCC[C@H]2[C@H]1CCC[C@H]2O. The Bertz CT molecular complexity index is 655. The number of aliphatic hydroxyl groups excluding tert-OH is 1. The van der Waals surface area contributed by atoms with Crippen molar-refractivity contribution in [1.29, 1.82) is 0 Å². The summed E-state index contributed by atoms with van der Waals surface area (Å²) in [5, 5.41) is 10.3. The van der Waals surface area contributed by atoms with Crippen LogP contribution in [0.3, 0.4) is 0 Å². The molecule has 2 heterocycles. The molecule has 0 unspecified atom stereocenters. The van der Waals surface area contributed by atoms with Crippen molar-refractivity contribution in [3.05, 3.63) is 12.7 Å². The smallest absolute Gasteiger partial charge is 0.165 e. The minimum atomic E-state index is -0.138. The Morgan fingerprint density at radius 2 is 1.86 bits per heavy atom. The zero-order chi connectivity index (χ0) is 14.4. The topological polar surface area (TPSA) is 89.9 Å². The molecule has 0 amide bonds. The molecule has 6 heteroatoms. The Kier molecular flexibility index (Phi) is 3.06. The predicted octanol–water partition coefficient (Wildman–Crippen LogP) is 1.91. The Hall–Kier alpha value is -1.69. The fraction of sp³-hybridized carbons (Fsp3) is 0.667. The van der Waals surface area contributed by atoms with Crippen LogP contribution in [0.5, 0.6) is 0 Å². The molecule has 6 nitrogen and oxygen atoms in total. The van der Waals surface area contributed by atoms with Crippen LogP contribution in [0.25, 0.3) is 11.2 Å². The van der Waals surface area contributed by atoms with Gasteiger partial charge in [0.05, 0.1) is 12.4 Å². The molecule has 0 spiro atoms. The molecule has 112 valence electrons. The highest BCUT2D eigenvalue weighted by Crippen LogP contribution is 2.46. The Morgan fingerprint density at radius 1 is 1.05 bits per heavy atom. The number of rotatable bonds is 1. The lowest BCUT2D eigenvalue weighted by atomic mass is 9.67. The van der Waals surface area contributed by atoms with Crippen LogP contribution in [-0.4, -0.2) is 30.7 Å². The van der Waals surface area contributed by atoms with E-state index in [9.17, 15) is 5.11 Å². The molecule has 2 saturated carbocycles. The summed E-state index contributed by atoms with van der Waals surface area (Å²) in [6.45, 7) is 0. The molecule has 0 saturated heterocycles. The van der Waals surface area contributed by atoms with Gasteiger partial charge in [0.15, 0.2) is 11.5 Å². The summed E-state index contributed by atoms with van der Waals surface area (Å²) in [5.41, 5.74) is 7.40. The molecule has 0 aliphatic heterocycles. The normalized spacial score (nSPS) is 33.0. The average molecular weight is 287 g/mol. The molecule has 2 fully saturated rings. The maximum absolute atomic E-state index is 10.3. The maximum Gasteiger partial charge on any atom is 0.165 e. The van der Waals surface area contributed by atoms with Crippen molar-refractivity contribution in [3.8, 4) is 0 Å².